The van der Waals surface area contributed by atoms with Crippen molar-refractivity contribution in [1.82, 2.24) is 19.6 Å². The fourth-order valence-corrected chi connectivity index (χ4v) is 3.42. The molecule has 0 fully saturated rings. The number of nitrogens with one attached hydrogen (secondary N) is 1. The Morgan fingerprint density at radius 3 is 2.42 bits per heavy atom. The lowest BCUT2D eigenvalue weighted by Gasteiger charge is -2.17. The molecule has 8 nitrogen and oxygen atoms in total. The number of hydrogen-bond acceptors (Lipinski definition) is 5. The maximum absolute atomic E-state index is 13.1. The summed E-state index contributed by atoms with van der Waals surface area (Å²) in [6.45, 7) is 3.55. The average molecular weight is 417 g/mol. The van der Waals surface area contributed by atoms with Crippen LogP contribution in [0, 0.1) is 6.92 Å². The van der Waals surface area contributed by atoms with Crippen molar-refractivity contribution in [2.75, 3.05) is 12.0 Å². The summed E-state index contributed by atoms with van der Waals surface area (Å²) in [4.78, 5) is 35.8. The number of hydrogen-bond donors (Lipinski definition) is 1. The molecule has 2 aromatic carbocycles. The van der Waals surface area contributed by atoms with E-state index in [9.17, 15) is 9.59 Å². The quantitative estimate of drug-likeness (QED) is 0.521. The average Bonchev–Trinajstić information content (AvgIpc) is 3.19. The van der Waals surface area contributed by atoms with Gasteiger partial charge in [-0.25, -0.2) is 4.98 Å². The lowest BCUT2D eigenvalue weighted by atomic mass is 10.1. The fourth-order valence-electron chi connectivity index (χ4n) is 3.42. The molecule has 0 unspecified atom stereocenters. The standard InChI is InChI=1S/C23H23N5O3/c1-15-20(13-17-7-5-4-6-8-17)21(30)28-22(24-15)25-23(26-28)27(16(2)29)14-18-9-11-19(31-3)12-10-18/h4-12H,13-14H2,1-3H3,(H,24,25,26). The number of carbonyl (C=O) groups excluding carboxylic acids is 1. The Hall–Kier alpha value is -3.94. The molecule has 4 rings (SSSR count). The number of benzene rings is 2. The summed E-state index contributed by atoms with van der Waals surface area (Å²) in [7, 11) is 1.60. The molecule has 1 N–H and O–H groups in total. The van der Waals surface area contributed by atoms with Gasteiger partial charge in [0, 0.05) is 18.9 Å². The van der Waals surface area contributed by atoms with Gasteiger partial charge in [0.1, 0.15) is 5.75 Å². The van der Waals surface area contributed by atoms with E-state index in [-0.39, 0.29) is 23.2 Å². The van der Waals surface area contributed by atoms with Gasteiger partial charge in [0.05, 0.1) is 19.3 Å². The Morgan fingerprint density at radius 2 is 1.77 bits per heavy atom. The van der Waals surface area contributed by atoms with E-state index < -0.39 is 0 Å². The molecule has 0 spiro atoms. The molecule has 8 heteroatoms. The second-order valence-corrected chi connectivity index (χ2v) is 7.28. The molecule has 2 heterocycles. The number of aromatic nitrogens is 4. The van der Waals surface area contributed by atoms with E-state index in [1.807, 2.05) is 54.6 Å². The molecule has 2 aromatic heterocycles. The molecular formula is C23H23N5O3. The molecule has 158 valence electrons. The summed E-state index contributed by atoms with van der Waals surface area (Å²) in [5, 5.41) is 2.95. The summed E-state index contributed by atoms with van der Waals surface area (Å²) in [5.74, 6) is 1.03. The lowest BCUT2D eigenvalue weighted by molar-refractivity contribution is -0.116. The zero-order valence-corrected chi connectivity index (χ0v) is 17.6. The zero-order valence-electron chi connectivity index (χ0n) is 17.6. The third kappa shape index (κ3) is 4.18. The predicted octanol–water partition coefficient (Wildman–Crippen LogP) is 2.88. The maximum Gasteiger partial charge on any atom is 0.277 e. The van der Waals surface area contributed by atoms with Gasteiger partial charge in [-0.2, -0.15) is 9.50 Å². The Kier molecular flexibility index (Phi) is 5.53. The Labute approximate surface area is 179 Å². The van der Waals surface area contributed by atoms with Crippen molar-refractivity contribution in [1.29, 1.82) is 0 Å². The van der Waals surface area contributed by atoms with E-state index in [2.05, 4.69) is 15.1 Å². The van der Waals surface area contributed by atoms with Crippen LogP contribution in [0.3, 0.4) is 0 Å². The van der Waals surface area contributed by atoms with E-state index in [0.717, 1.165) is 16.9 Å². The molecule has 0 radical (unpaired) electrons. The maximum atomic E-state index is 13.1. The molecule has 0 aliphatic carbocycles. The Balaban J connectivity index is 1.70. The van der Waals surface area contributed by atoms with Crippen molar-refractivity contribution in [2.24, 2.45) is 0 Å². The van der Waals surface area contributed by atoms with Crippen LogP contribution < -0.4 is 15.2 Å². The Morgan fingerprint density at radius 1 is 1.06 bits per heavy atom. The van der Waals surface area contributed by atoms with Crippen molar-refractivity contribution in [3.63, 3.8) is 0 Å². The third-order valence-corrected chi connectivity index (χ3v) is 5.14. The number of amides is 1. The van der Waals surface area contributed by atoms with Gasteiger partial charge in [-0.05, 0) is 30.2 Å². The van der Waals surface area contributed by atoms with E-state index >= 15 is 0 Å². The first-order valence-corrected chi connectivity index (χ1v) is 9.89. The normalized spacial score (nSPS) is 10.9. The minimum Gasteiger partial charge on any atom is -0.497 e. The van der Waals surface area contributed by atoms with Gasteiger partial charge in [-0.15, -0.1) is 0 Å². The van der Waals surface area contributed by atoms with Crippen LogP contribution in [0.5, 0.6) is 5.75 Å². The number of aryl methyl sites for hydroxylation is 1. The number of anilines is 1. The van der Waals surface area contributed by atoms with E-state index in [1.165, 1.54) is 16.3 Å². The topological polar surface area (TPSA) is 92.6 Å². The number of aromatic amines is 1. The SMILES string of the molecule is COc1ccc(CN(C(C)=O)c2nc3nc(C)c(Cc4ccccc4)c(=O)n3[nH]2)cc1. The van der Waals surface area contributed by atoms with Crippen LogP contribution in [-0.2, 0) is 17.8 Å². The van der Waals surface area contributed by atoms with E-state index in [1.54, 1.807) is 14.0 Å². The number of rotatable bonds is 6. The van der Waals surface area contributed by atoms with Crippen LogP contribution in [0.15, 0.2) is 59.4 Å². The minimum atomic E-state index is -0.224. The number of carbonyl (C=O) groups is 1. The van der Waals surface area contributed by atoms with Gasteiger partial charge in [-0.1, -0.05) is 42.5 Å². The van der Waals surface area contributed by atoms with Crippen molar-refractivity contribution in [3.8, 4) is 5.75 Å². The fraction of sp³-hybridized carbons (Fsp3) is 0.217. The second kappa shape index (κ2) is 8.43. The van der Waals surface area contributed by atoms with Gasteiger partial charge in [0.25, 0.3) is 11.3 Å². The van der Waals surface area contributed by atoms with E-state index in [0.29, 0.717) is 24.2 Å². The number of nitrogens with zero attached hydrogens (tertiary/aromatic N) is 4. The monoisotopic (exact) mass is 417 g/mol. The molecule has 4 aromatic rings. The highest BCUT2D eigenvalue weighted by atomic mass is 16.5. The molecule has 0 atom stereocenters. The van der Waals surface area contributed by atoms with Crippen molar-refractivity contribution in [2.45, 2.75) is 26.8 Å². The number of fused-ring (bicyclic) bond motifs is 1. The smallest absolute Gasteiger partial charge is 0.277 e. The second-order valence-electron chi connectivity index (χ2n) is 7.28. The van der Waals surface area contributed by atoms with Crippen LogP contribution in [0.1, 0.15) is 29.3 Å². The Bertz CT molecular complexity index is 1280. The van der Waals surface area contributed by atoms with Gasteiger partial charge in [0.2, 0.25) is 11.9 Å². The molecular weight excluding hydrogens is 394 g/mol. The highest BCUT2D eigenvalue weighted by molar-refractivity contribution is 5.89. The first-order valence-electron chi connectivity index (χ1n) is 9.89. The first-order chi connectivity index (χ1) is 15.0. The first kappa shape index (κ1) is 20.3. The highest BCUT2D eigenvalue weighted by Crippen LogP contribution is 2.17. The summed E-state index contributed by atoms with van der Waals surface area (Å²) in [6.07, 6.45) is 0.470. The summed E-state index contributed by atoms with van der Waals surface area (Å²) >= 11 is 0. The molecule has 0 saturated carbocycles. The highest BCUT2D eigenvalue weighted by Gasteiger charge is 2.19. The molecule has 31 heavy (non-hydrogen) atoms. The number of H-pyrrole nitrogens is 1. The molecule has 0 aliphatic rings. The van der Waals surface area contributed by atoms with Crippen molar-refractivity contribution < 1.29 is 9.53 Å². The van der Waals surface area contributed by atoms with Gasteiger partial charge >= 0.3 is 0 Å². The lowest BCUT2D eigenvalue weighted by Crippen LogP contribution is -2.29. The van der Waals surface area contributed by atoms with Gasteiger partial charge in [-0.3, -0.25) is 19.6 Å². The van der Waals surface area contributed by atoms with Crippen LogP contribution >= 0.6 is 0 Å². The van der Waals surface area contributed by atoms with Crippen molar-refractivity contribution >= 4 is 17.6 Å². The summed E-state index contributed by atoms with van der Waals surface area (Å²) < 4.78 is 6.48. The van der Waals surface area contributed by atoms with Crippen LogP contribution in [-0.4, -0.2) is 32.6 Å². The third-order valence-electron chi connectivity index (χ3n) is 5.14. The predicted molar refractivity (Wildman–Crippen MR) is 117 cm³/mol. The van der Waals surface area contributed by atoms with Crippen molar-refractivity contribution in [3.05, 3.63) is 87.3 Å². The molecule has 0 saturated heterocycles. The summed E-state index contributed by atoms with van der Waals surface area (Å²) in [6, 6.07) is 17.2. The van der Waals surface area contributed by atoms with Gasteiger partial charge in [0.15, 0.2) is 0 Å². The molecule has 0 bridgehead atoms. The zero-order chi connectivity index (χ0) is 22.0. The number of ether oxygens (including phenoxy) is 1. The molecule has 0 aliphatic heterocycles. The molecule has 1 amide bonds. The minimum absolute atomic E-state index is 0.204. The van der Waals surface area contributed by atoms with Crippen LogP contribution in [0.2, 0.25) is 0 Å². The van der Waals surface area contributed by atoms with Crippen LogP contribution in [0.4, 0.5) is 5.95 Å². The van der Waals surface area contributed by atoms with E-state index in [4.69, 9.17) is 4.74 Å². The summed E-state index contributed by atoms with van der Waals surface area (Å²) in [5.41, 5.74) is 2.91. The van der Waals surface area contributed by atoms with Crippen LogP contribution in [0.25, 0.3) is 5.78 Å². The number of methoxy groups -OCH3 is 1. The largest absolute Gasteiger partial charge is 0.497 e. The van der Waals surface area contributed by atoms with Gasteiger partial charge < -0.3 is 4.74 Å².